The lowest BCUT2D eigenvalue weighted by Crippen LogP contribution is -2.11. The number of carbonyl (C=O) groups excluding carboxylic acids is 1. The standard InChI is InChI=1S/C21H17Cl2NO2/c1-13-3-7-18(11-14(13)2)26-17-8-5-16(6-9-17)24-21(25)15-4-10-19(22)20(23)12-15/h3-12H,1-2H3,(H,24,25). The monoisotopic (exact) mass is 385 g/mol. The van der Waals surface area contributed by atoms with Gasteiger partial charge in [-0.1, -0.05) is 29.3 Å². The van der Waals surface area contributed by atoms with Crippen LogP contribution in [0.5, 0.6) is 11.5 Å². The average molecular weight is 386 g/mol. The Hall–Kier alpha value is -2.49. The Balaban J connectivity index is 1.68. The van der Waals surface area contributed by atoms with Crippen LogP contribution in [0.1, 0.15) is 21.5 Å². The van der Waals surface area contributed by atoms with Crippen LogP contribution >= 0.6 is 23.2 Å². The molecule has 1 amide bonds. The summed E-state index contributed by atoms with van der Waals surface area (Å²) in [5, 5.41) is 3.57. The summed E-state index contributed by atoms with van der Waals surface area (Å²) in [6.45, 7) is 4.11. The predicted molar refractivity (Wildman–Crippen MR) is 107 cm³/mol. The first kappa shape index (κ1) is 18.3. The van der Waals surface area contributed by atoms with Crippen molar-refractivity contribution in [2.24, 2.45) is 0 Å². The molecule has 0 heterocycles. The minimum absolute atomic E-state index is 0.258. The largest absolute Gasteiger partial charge is 0.457 e. The van der Waals surface area contributed by atoms with Gasteiger partial charge < -0.3 is 10.1 Å². The fourth-order valence-electron chi connectivity index (χ4n) is 2.36. The van der Waals surface area contributed by atoms with E-state index < -0.39 is 0 Å². The second-order valence-electron chi connectivity index (χ2n) is 5.96. The Bertz CT molecular complexity index is 953. The number of rotatable bonds is 4. The smallest absolute Gasteiger partial charge is 0.255 e. The van der Waals surface area contributed by atoms with E-state index in [1.165, 1.54) is 17.2 Å². The van der Waals surface area contributed by atoms with Crippen LogP contribution in [0.2, 0.25) is 10.0 Å². The molecule has 0 aliphatic rings. The third-order valence-electron chi connectivity index (χ3n) is 4.01. The van der Waals surface area contributed by atoms with E-state index in [9.17, 15) is 4.79 Å². The number of aryl methyl sites for hydroxylation is 2. The van der Waals surface area contributed by atoms with Gasteiger partial charge in [0.1, 0.15) is 11.5 Å². The number of benzene rings is 3. The predicted octanol–water partition coefficient (Wildman–Crippen LogP) is 6.65. The van der Waals surface area contributed by atoms with Crippen LogP contribution in [0.4, 0.5) is 5.69 Å². The van der Waals surface area contributed by atoms with Crippen molar-refractivity contribution >= 4 is 34.8 Å². The van der Waals surface area contributed by atoms with E-state index >= 15 is 0 Å². The van der Waals surface area contributed by atoms with Gasteiger partial charge in [-0.3, -0.25) is 4.79 Å². The molecule has 3 rings (SSSR count). The van der Waals surface area contributed by atoms with Gasteiger partial charge in [0.2, 0.25) is 0 Å². The highest BCUT2D eigenvalue weighted by molar-refractivity contribution is 6.42. The maximum absolute atomic E-state index is 12.3. The molecule has 0 saturated heterocycles. The zero-order valence-corrected chi connectivity index (χ0v) is 15.9. The Kier molecular flexibility index (Phi) is 5.50. The molecule has 0 atom stereocenters. The zero-order valence-electron chi connectivity index (χ0n) is 14.3. The van der Waals surface area contributed by atoms with Crippen molar-refractivity contribution in [2.45, 2.75) is 13.8 Å². The van der Waals surface area contributed by atoms with Crippen molar-refractivity contribution < 1.29 is 9.53 Å². The molecular weight excluding hydrogens is 369 g/mol. The number of anilines is 1. The third kappa shape index (κ3) is 4.37. The number of ether oxygens (including phenoxy) is 1. The Labute approximate surface area is 162 Å². The van der Waals surface area contributed by atoms with Gasteiger partial charge in [-0.15, -0.1) is 0 Å². The summed E-state index contributed by atoms with van der Waals surface area (Å²) in [7, 11) is 0. The molecule has 0 fully saturated rings. The van der Waals surface area contributed by atoms with E-state index in [4.69, 9.17) is 27.9 Å². The lowest BCUT2D eigenvalue weighted by atomic mass is 10.1. The van der Waals surface area contributed by atoms with E-state index in [-0.39, 0.29) is 5.91 Å². The van der Waals surface area contributed by atoms with E-state index in [1.54, 1.807) is 36.4 Å². The number of hydrogen-bond acceptors (Lipinski definition) is 2. The van der Waals surface area contributed by atoms with Crippen LogP contribution in [0, 0.1) is 13.8 Å². The first-order valence-electron chi connectivity index (χ1n) is 8.04. The van der Waals surface area contributed by atoms with Crippen molar-refractivity contribution in [3.05, 3.63) is 87.4 Å². The molecule has 0 aliphatic carbocycles. The van der Waals surface area contributed by atoms with Crippen LogP contribution in [-0.2, 0) is 0 Å². The molecule has 0 aliphatic heterocycles. The number of nitrogens with one attached hydrogen (secondary N) is 1. The van der Waals surface area contributed by atoms with Gasteiger partial charge in [0.15, 0.2) is 0 Å². The molecule has 0 aromatic heterocycles. The second kappa shape index (κ2) is 7.81. The van der Waals surface area contributed by atoms with E-state index in [0.29, 0.717) is 27.0 Å². The molecule has 26 heavy (non-hydrogen) atoms. The summed E-state index contributed by atoms with van der Waals surface area (Å²) in [6.07, 6.45) is 0. The quantitative estimate of drug-likeness (QED) is 0.545. The van der Waals surface area contributed by atoms with Crippen LogP contribution in [0.15, 0.2) is 60.7 Å². The van der Waals surface area contributed by atoms with E-state index in [1.807, 2.05) is 25.1 Å². The van der Waals surface area contributed by atoms with Crippen molar-refractivity contribution in [3.63, 3.8) is 0 Å². The van der Waals surface area contributed by atoms with Crippen LogP contribution < -0.4 is 10.1 Å². The normalized spacial score (nSPS) is 10.5. The Morgan fingerprint density at radius 2 is 1.50 bits per heavy atom. The topological polar surface area (TPSA) is 38.3 Å². The summed E-state index contributed by atoms with van der Waals surface area (Å²) < 4.78 is 5.84. The highest BCUT2D eigenvalue weighted by atomic mass is 35.5. The second-order valence-corrected chi connectivity index (χ2v) is 6.77. The molecule has 1 N–H and O–H groups in total. The number of halogens is 2. The average Bonchev–Trinajstić information content (AvgIpc) is 2.62. The van der Waals surface area contributed by atoms with E-state index in [2.05, 4.69) is 12.2 Å². The van der Waals surface area contributed by atoms with Gasteiger partial charge >= 0.3 is 0 Å². The molecule has 0 saturated carbocycles. The summed E-state index contributed by atoms with van der Waals surface area (Å²) in [5.74, 6) is 1.22. The maximum atomic E-state index is 12.3. The molecule has 5 heteroatoms. The number of amides is 1. The lowest BCUT2D eigenvalue weighted by Gasteiger charge is -2.10. The summed E-state index contributed by atoms with van der Waals surface area (Å²) in [4.78, 5) is 12.3. The maximum Gasteiger partial charge on any atom is 0.255 e. The van der Waals surface area contributed by atoms with Gasteiger partial charge in [0, 0.05) is 11.3 Å². The SMILES string of the molecule is Cc1ccc(Oc2ccc(NC(=O)c3ccc(Cl)c(Cl)c3)cc2)cc1C. The van der Waals surface area contributed by atoms with Crippen LogP contribution in [0.3, 0.4) is 0 Å². The molecule has 0 radical (unpaired) electrons. The summed E-state index contributed by atoms with van der Waals surface area (Å²) in [6, 6.07) is 17.9. The van der Waals surface area contributed by atoms with Gasteiger partial charge in [-0.2, -0.15) is 0 Å². The minimum Gasteiger partial charge on any atom is -0.457 e. The fourth-order valence-corrected chi connectivity index (χ4v) is 2.66. The van der Waals surface area contributed by atoms with Gasteiger partial charge in [-0.25, -0.2) is 0 Å². The molecule has 0 bridgehead atoms. The Morgan fingerprint density at radius 1 is 0.808 bits per heavy atom. The van der Waals surface area contributed by atoms with E-state index in [0.717, 1.165) is 5.75 Å². The number of hydrogen-bond donors (Lipinski definition) is 1. The molecule has 3 aromatic rings. The highest BCUT2D eigenvalue weighted by Gasteiger charge is 2.09. The first-order valence-corrected chi connectivity index (χ1v) is 8.79. The number of carbonyl (C=O) groups is 1. The molecule has 3 nitrogen and oxygen atoms in total. The summed E-state index contributed by atoms with van der Waals surface area (Å²) in [5.41, 5.74) is 3.49. The lowest BCUT2D eigenvalue weighted by molar-refractivity contribution is 0.102. The van der Waals surface area contributed by atoms with Crippen molar-refractivity contribution in [1.82, 2.24) is 0 Å². The summed E-state index contributed by atoms with van der Waals surface area (Å²) >= 11 is 11.8. The minimum atomic E-state index is -0.258. The molecular formula is C21H17Cl2NO2. The van der Waals surface area contributed by atoms with Gasteiger partial charge in [0.25, 0.3) is 5.91 Å². The highest BCUT2D eigenvalue weighted by Crippen LogP contribution is 2.26. The fraction of sp³-hybridized carbons (Fsp3) is 0.0952. The van der Waals surface area contributed by atoms with Crippen LogP contribution in [0.25, 0.3) is 0 Å². The van der Waals surface area contributed by atoms with Gasteiger partial charge in [0.05, 0.1) is 10.0 Å². The van der Waals surface area contributed by atoms with Crippen LogP contribution in [-0.4, -0.2) is 5.91 Å². The van der Waals surface area contributed by atoms with Crippen molar-refractivity contribution in [1.29, 1.82) is 0 Å². The van der Waals surface area contributed by atoms with Crippen molar-refractivity contribution in [3.8, 4) is 11.5 Å². The molecule has 0 spiro atoms. The zero-order chi connectivity index (χ0) is 18.7. The molecule has 0 unspecified atom stereocenters. The van der Waals surface area contributed by atoms with Crippen molar-refractivity contribution in [2.75, 3.05) is 5.32 Å². The third-order valence-corrected chi connectivity index (χ3v) is 4.75. The van der Waals surface area contributed by atoms with Gasteiger partial charge in [-0.05, 0) is 79.6 Å². The molecule has 132 valence electrons. The Morgan fingerprint density at radius 3 is 2.15 bits per heavy atom. The first-order chi connectivity index (χ1) is 12.4. The molecule has 3 aromatic carbocycles.